The summed E-state index contributed by atoms with van der Waals surface area (Å²) in [5, 5.41) is 2.75. The average molecular weight is 407 g/mol. The molecule has 1 aromatic carbocycles. The van der Waals surface area contributed by atoms with Gasteiger partial charge in [-0.05, 0) is 50.8 Å². The third kappa shape index (κ3) is 6.10. The number of amides is 1. The molecule has 1 atom stereocenters. The Hall–Kier alpha value is -2.28. The standard InChI is InChI=1S/C22H34N2O5/c1-14(2)20(22(26)28-6)23-21(25)16-7-8-18(27-5)19(13-16)29-17-9-11-24(12-10-17)15(3)4/h7-8,13-15,17,20H,9-12H2,1-6H3,(H,23,25)/t20-/m0/s1. The molecule has 7 nitrogen and oxygen atoms in total. The molecule has 29 heavy (non-hydrogen) atoms. The summed E-state index contributed by atoms with van der Waals surface area (Å²) in [7, 11) is 2.89. The molecule has 1 heterocycles. The van der Waals surface area contributed by atoms with E-state index >= 15 is 0 Å². The Morgan fingerprint density at radius 1 is 1.07 bits per heavy atom. The van der Waals surface area contributed by atoms with Crippen molar-refractivity contribution < 1.29 is 23.8 Å². The van der Waals surface area contributed by atoms with Crippen LogP contribution in [0.3, 0.4) is 0 Å². The monoisotopic (exact) mass is 406 g/mol. The number of methoxy groups -OCH3 is 2. The van der Waals surface area contributed by atoms with Crippen molar-refractivity contribution in [2.24, 2.45) is 5.92 Å². The van der Waals surface area contributed by atoms with Gasteiger partial charge in [0.05, 0.1) is 14.2 Å². The minimum Gasteiger partial charge on any atom is -0.493 e. The second kappa shape index (κ2) is 10.5. The first-order valence-corrected chi connectivity index (χ1v) is 10.2. The maximum atomic E-state index is 12.7. The Labute approximate surface area is 173 Å². The summed E-state index contributed by atoms with van der Waals surface area (Å²) in [6.45, 7) is 10.1. The van der Waals surface area contributed by atoms with Crippen LogP contribution in [-0.2, 0) is 9.53 Å². The molecule has 7 heteroatoms. The molecular weight excluding hydrogens is 372 g/mol. The molecule has 0 spiro atoms. The minimum absolute atomic E-state index is 0.0793. The molecule has 0 saturated carbocycles. The van der Waals surface area contributed by atoms with Crippen molar-refractivity contribution in [3.05, 3.63) is 23.8 Å². The lowest BCUT2D eigenvalue weighted by Gasteiger charge is -2.34. The van der Waals surface area contributed by atoms with Gasteiger partial charge in [-0.3, -0.25) is 4.79 Å². The quantitative estimate of drug-likeness (QED) is 0.669. The van der Waals surface area contributed by atoms with Gasteiger partial charge in [0, 0.05) is 24.7 Å². The van der Waals surface area contributed by atoms with Crippen LogP contribution in [0, 0.1) is 5.92 Å². The Kier molecular flexibility index (Phi) is 8.32. The fourth-order valence-electron chi connectivity index (χ4n) is 3.45. The highest BCUT2D eigenvalue weighted by atomic mass is 16.5. The number of rotatable bonds is 8. The first-order valence-electron chi connectivity index (χ1n) is 10.2. The molecule has 1 aromatic rings. The summed E-state index contributed by atoms with van der Waals surface area (Å²) in [6, 6.07) is 4.88. The van der Waals surface area contributed by atoms with E-state index in [1.807, 2.05) is 13.8 Å². The maximum absolute atomic E-state index is 12.7. The number of piperidine rings is 1. The highest BCUT2D eigenvalue weighted by molar-refractivity contribution is 5.97. The van der Waals surface area contributed by atoms with Crippen LogP contribution < -0.4 is 14.8 Å². The zero-order valence-corrected chi connectivity index (χ0v) is 18.4. The molecule has 1 N–H and O–H groups in total. The van der Waals surface area contributed by atoms with E-state index in [0.29, 0.717) is 23.1 Å². The molecule has 0 bridgehead atoms. The van der Waals surface area contributed by atoms with E-state index in [2.05, 4.69) is 24.1 Å². The van der Waals surface area contributed by atoms with Crippen molar-refractivity contribution in [2.45, 2.75) is 58.7 Å². The Balaban J connectivity index is 2.11. The van der Waals surface area contributed by atoms with Gasteiger partial charge >= 0.3 is 5.97 Å². The van der Waals surface area contributed by atoms with E-state index in [9.17, 15) is 9.59 Å². The van der Waals surface area contributed by atoms with Crippen LogP contribution in [0.5, 0.6) is 11.5 Å². The fourth-order valence-corrected chi connectivity index (χ4v) is 3.45. The van der Waals surface area contributed by atoms with Gasteiger partial charge in [0.25, 0.3) is 5.91 Å². The molecule has 2 rings (SSSR count). The number of esters is 1. The second-order valence-corrected chi connectivity index (χ2v) is 8.03. The molecule has 0 radical (unpaired) electrons. The van der Waals surface area contributed by atoms with Crippen LogP contribution in [0.1, 0.15) is 50.9 Å². The molecule has 1 fully saturated rings. The first-order chi connectivity index (χ1) is 13.8. The van der Waals surface area contributed by atoms with Crippen molar-refractivity contribution in [1.29, 1.82) is 0 Å². The maximum Gasteiger partial charge on any atom is 0.328 e. The second-order valence-electron chi connectivity index (χ2n) is 8.03. The summed E-state index contributed by atoms with van der Waals surface area (Å²) in [5.74, 6) is 0.224. The van der Waals surface area contributed by atoms with Crippen LogP contribution >= 0.6 is 0 Å². The van der Waals surface area contributed by atoms with Crippen LogP contribution in [0.25, 0.3) is 0 Å². The molecule has 1 amide bonds. The van der Waals surface area contributed by atoms with Crippen molar-refractivity contribution >= 4 is 11.9 Å². The molecule has 1 aliphatic heterocycles. The van der Waals surface area contributed by atoms with Gasteiger partial charge < -0.3 is 24.4 Å². The number of hydrogen-bond acceptors (Lipinski definition) is 6. The molecule has 1 aliphatic rings. The smallest absolute Gasteiger partial charge is 0.328 e. The lowest BCUT2D eigenvalue weighted by atomic mass is 10.0. The molecule has 162 valence electrons. The highest BCUT2D eigenvalue weighted by Crippen LogP contribution is 2.31. The number of likely N-dealkylation sites (tertiary alicyclic amines) is 1. The Morgan fingerprint density at radius 3 is 2.24 bits per heavy atom. The topological polar surface area (TPSA) is 77.1 Å². The zero-order chi connectivity index (χ0) is 21.6. The molecule has 0 aliphatic carbocycles. The number of hydrogen-bond donors (Lipinski definition) is 1. The van der Waals surface area contributed by atoms with Gasteiger partial charge in [-0.2, -0.15) is 0 Å². The Morgan fingerprint density at radius 2 is 1.72 bits per heavy atom. The van der Waals surface area contributed by atoms with Crippen molar-refractivity contribution in [2.75, 3.05) is 27.3 Å². The minimum atomic E-state index is -0.709. The number of nitrogens with zero attached hydrogens (tertiary/aromatic N) is 1. The number of ether oxygens (including phenoxy) is 3. The zero-order valence-electron chi connectivity index (χ0n) is 18.4. The average Bonchev–Trinajstić information content (AvgIpc) is 2.71. The van der Waals surface area contributed by atoms with Crippen molar-refractivity contribution in [3.63, 3.8) is 0 Å². The Bertz CT molecular complexity index is 696. The van der Waals surface area contributed by atoms with Crippen LogP contribution in [0.4, 0.5) is 0 Å². The molecule has 0 aromatic heterocycles. The highest BCUT2D eigenvalue weighted by Gasteiger charge is 2.27. The van der Waals surface area contributed by atoms with E-state index < -0.39 is 12.0 Å². The van der Waals surface area contributed by atoms with Crippen LogP contribution in [0.2, 0.25) is 0 Å². The van der Waals surface area contributed by atoms with Gasteiger partial charge in [0.15, 0.2) is 11.5 Å². The summed E-state index contributed by atoms with van der Waals surface area (Å²) in [4.78, 5) is 27.1. The van der Waals surface area contributed by atoms with Crippen molar-refractivity contribution in [1.82, 2.24) is 10.2 Å². The number of carbonyl (C=O) groups excluding carboxylic acids is 2. The van der Waals surface area contributed by atoms with E-state index in [0.717, 1.165) is 25.9 Å². The van der Waals surface area contributed by atoms with Gasteiger partial charge in [0.1, 0.15) is 12.1 Å². The number of carbonyl (C=O) groups is 2. The van der Waals surface area contributed by atoms with E-state index in [-0.39, 0.29) is 17.9 Å². The van der Waals surface area contributed by atoms with Gasteiger partial charge in [-0.25, -0.2) is 4.79 Å². The first kappa shape index (κ1) is 23.0. The van der Waals surface area contributed by atoms with E-state index in [4.69, 9.17) is 14.2 Å². The third-order valence-corrected chi connectivity index (χ3v) is 5.33. The largest absolute Gasteiger partial charge is 0.493 e. The predicted octanol–water partition coefficient (Wildman–Crippen LogP) is 2.87. The van der Waals surface area contributed by atoms with Gasteiger partial charge in [-0.1, -0.05) is 13.8 Å². The van der Waals surface area contributed by atoms with Crippen LogP contribution in [0.15, 0.2) is 18.2 Å². The van der Waals surface area contributed by atoms with E-state index in [1.165, 1.54) is 7.11 Å². The number of nitrogens with one attached hydrogen (secondary N) is 1. The third-order valence-electron chi connectivity index (χ3n) is 5.33. The fraction of sp³-hybridized carbons (Fsp3) is 0.636. The van der Waals surface area contributed by atoms with Gasteiger partial charge in [-0.15, -0.1) is 0 Å². The summed E-state index contributed by atoms with van der Waals surface area (Å²) >= 11 is 0. The SMILES string of the molecule is COC(=O)[C@@H](NC(=O)c1ccc(OC)c(OC2CCN(C(C)C)CC2)c1)C(C)C. The number of benzene rings is 1. The summed E-state index contributed by atoms with van der Waals surface area (Å²) < 4.78 is 16.4. The summed E-state index contributed by atoms with van der Waals surface area (Å²) in [6.07, 6.45) is 1.93. The predicted molar refractivity (Wildman–Crippen MR) is 111 cm³/mol. The normalized spacial score (nSPS) is 16.6. The summed E-state index contributed by atoms with van der Waals surface area (Å²) in [5.41, 5.74) is 0.412. The van der Waals surface area contributed by atoms with E-state index in [1.54, 1.807) is 25.3 Å². The van der Waals surface area contributed by atoms with Gasteiger partial charge in [0.2, 0.25) is 0 Å². The lowest BCUT2D eigenvalue weighted by molar-refractivity contribution is -0.144. The lowest BCUT2D eigenvalue weighted by Crippen LogP contribution is -2.45. The van der Waals surface area contributed by atoms with Crippen LogP contribution in [-0.4, -0.2) is 62.3 Å². The molecular formula is C22H34N2O5. The molecule has 0 unspecified atom stereocenters. The molecule has 1 saturated heterocycles. The van der Waals surface area contributed by atoms with Crippen molar-refractivity contribution in [3.8, 4) is 11.5 Å².